The lowest BCUT2D eigenvalue weighted by Gasteiger charge is -2.34. The van der Waals surface area contributed by atoms with Crippen molar-refractivity contribution in [2.24, 2.45) is 0 Å². The van der Waals surface area contributed by atoms with Crippen molar-refractivity contribution in [3.8, 4) is 11.5 Å². The number of hydrogen-bond acceptors (Lipinski definition) is 6. The second-order valence-electron chi connectivity index (χ2n) is 7.60. The number of piperazine rings is 1. The molecule has 0 unspecified atom stereocenters. The van der Waals surface area contributed by atoms with Gasteiger partial charge in [-0.1, -0.05) is 17.7 Å². The Balaban J connectivity index is 0.00000385. The maximum absolute atomic E-state index is 12.8. The molecule has 33 heavy (non-hydrogen) atoms. The molecule has 1 heterocycles. The van der Waals surface area contributed by atoms with Crippen molar-refractivity contribution in [3.63, 3.8) is 0 Å². The van der Waals surface area contributed by atoms with Crippen LogP contribution in [0.3, 0.4) is 0 Å². The largest absolute Gasteiger partial charge is 0.494 e. The van der Waals surface area contributed by atoms with Crippen LogP contribution >= 0.6 is 12.4 Å². The standard InChI is InChI=1S/C23H31N3O5S.ClH/c1-3-30-20-6-8-21(9-7-20)31-18-23(27)24-12-13-25-14-16-26(17-15-25)32(28,29)22-10-4-19(2)5-11-22;/h4-11H,3,12-18H2,1-2H3,(H,24,27);1H. The van der Waals surface area contributed by atoms with Gasteiger partial charge in [0, 0.05) is 39.3 Å². The van der Waals surface area contributed by atoms with Crippen LogP contribution in [0.25, 0.3) is 0 Å². The third-order valence-electron chi connectivity index (χ3n) is 5.24. The fourth-order valence-electron chi connectivity index (χ4n) is 3.40. The first-order chi connectivity index (χ1) is 15.4. The smallest absolute Gasteiger partial charge is 0.257 e. The van der Waals surface area contributed by atoms with Gasteiger partial charge in [-0.15, -0.1) is 12.4 Å². The second-order valence-corrected chi connectivity index (χ2v) is 9.54. The zero-order valence-electron chi connectivity index (χ0n) is 19.0. The summed E-state index contributed by atoms with van der Waals surface area (Å²) in [5.41, 5.74) is 1.03. The predicted octanol–water partition coefficient (Wildman–Crippen LogP) is 2.32. The Morgan fingerprint density at radius 2 is 1.52 bits per heavy atom. The molecule has 0 spiro atoms. The average molecular weight is 498 g/mol. The molecule has 0 saturated carbocycles. The first-order valence-electron chi connectivity index (χ1n) is 10.8. The molecule has 0 atom stereocenters. The summed E-state index contributed by atoms with van der Waals surface area (Å²) in [6.07, 6.45) is 0. The Kier molecular flexibility index (Phi) is 10.4. The molecule has 1 N–H and O–H groups in total. The van der Waals surface area contributed by atoms with E-state index in [1.54, 1.807) is 36.4 Å². The van der Waals surface area contributed by atoms with E-state index in [2.05, 4.69) is 10.2 Å². The summed E-state index contributed by atoms with van der Waals surface area (Å²) in [7, 11) is -3.46. The van der Waals surface area contributed by atoms with Crippen molar-refractivity contribution in [2.75, 3.05) is 52.5 Å². The third kappa shape index (κ3) is 7.89. The van der Waals surface area contributed by atoms with E-state index in [4.69, 9.17) is 9.47 Å². The number of rotatable bonds is 10. The molecular formula is C23H32ClN3O5S. The average Bonchev–Trinajstić information content (AvgIpc) is 2.79. The van der Waals surface area contributed by atoms with E-state index < -0.39 is 10.0 Å². The van der Waals surface area contributed by atoms with Crippen molar-refractivity contribution < 1.29 is 22.7 Å². The molecule has 182 valence electrons. The number of carbonyl (C=O) groups is 1. The molecule has 1 fully saturated rings. The van der Waals surface area contributed by atoms with Crippen molar-refractivity contribution in [3.05, 3.63) is 54.1 Å². The van der Waals surface area contributed by atoms with E-state index in [0.29, 0.717) is 56.5 Å². The van der Waals surface area contributed by atoms with Gasteiger partial charge in [0.1, 0.15) is 11.5 Å². The van der Waals surface area contributed by atoms with Gasteiger partial charge in [-0.05, 0) is 50.2 Å². The van der Waals surface area contributed by atoms with Crippen LogP contribution in [-0.2, 0) is 14.8 Å². The van der Waals surface area contributed by atoms with Gasteiger partial charge in [-0.2, -0.15) is 4.31 Å². The molecule has 8 nitrogen and oxygen atoms in total. The summed E-state index contributed by atoms with van der Waals surface area (Å²) in [5, 5.41) is 2.84. The lowest BCUT2D eigenvalue weighted by atomic mass is 10.2. The van der Waals surface area contributed by atoms with Crippen LogP contribution in [0.15, 0.2) is 53.4 Å². The summed E-state index contributed by atoms with van der Waals surface area (Å²) in [6, 6.07) is 14.1. The summed E-state index contributed by atoms with van der Waals surface area (Å²) < 4.78 is 37.9. The van der Waals surface area contributed by atoms with Crippen LogP contribution in [0.2, 0.25) is 0 Å². The Hall–Kier alpha value is -2.33. The maximum Gasteiger partial charge on any atom is 0.257 e. The quantitative estimate of drug-likeness (QED) is 0.542. The van der Waals surface area contributed by atoms with Gasteiger partial charge in [0.25, 0.3) is 5.91 Å². The van der Waals surface area contributed by atoms with Crippen LogP contribution in [0.4, 0.5) is 0 Å². The van der Waals surface area contributed by atoms with Crippen LogP contribution in [-0.4, -0.2) is 76.0 Å². The predicted molar refractivity (Wildman–Crippen MR) is 130 cm³/mol. The van der Waals surface area contributed by atoms with Crippen molar-refractivity contribution >= 4 is 28.3 Å². The molecule has 1 saturated heterocycles. The highest BCUT2D eigenvalue weighted by atomic mass is 35.5. The van der Waals surface area contributed by atoms with Gasteiger partial charge >= 0.3 is 0 Å². The van der Waals surface area contributed by atoms with Gasteiger partial charge in [-0.3, -0.25) is 9.69 Å². The van der Waals surface area contributed by atoms with Crippen LogP contribution < -0.4 is 14.8 Å². The molecule has 2 aromatic carbocycles. The lowest BCUT2D eigenvalue weighted by Crippen LogP contribution is -2.50. The van der Waals surface area contributed by atoms with Crippen molar-refractivity contribution in [1.29, 1.82) is 0 Å². The number of nitrogens with zero attached hydrogens (tertiary/aromatic N) is 2. The SMILES string of the molecule is CCOc1ccc(OCC(=O)NCCN2CCN(S(=O)(=O)c3ccc(C)cc3)CC2)cc1.Cl. The van der Waals surface area contributed by atoms with E-state index >= 15 is 0 Å². The molecule has 1 amide bonds. The molecule has 10 heteroatoms. The minimum atomic E-state index is -3.46. The van der Waals surface area contributed by atoms with Crippen LogP contribution in [0, 0.1) is 6.92 Å². The topological polar surface area (TPSA) is 88.2 Å². The molecule has 3 rings (SSSR count). The number of ether oxygens (including phenoxy) is 2. The van der Waals surface area contributed by atoms with Gasteiger partial charge in [0.2, 0.25) is 10.0 Å². The molecule has 1 aliphatic rings. The summed E-state index contributed by atoms with van der Waals surface area (Å²) in [5.74, 6) is 1.17. The number of aryl methyl sites for hydroxylation is 1. The summed E-state index contributed by atoms with van der Waals surface area (Å²) >= 11 is 0. The molecule has 0 aliphatic carbocycles. The second kappa shape index (κ2) is 12.8. The summed E-state index contributed by atoms with van der Waals surface area (Å²) in [4.78, 5) is 14.5. The van der Waals surface area contributed by atoms with E-state index in [0.717, 1.165) is 11.3 Å². The molecular weight excluding hydrogens is 466 g/mol. The van der Waals surface area contributed by atoms with E-state index in [9.17, 15) is 13.2 Å². The zero-order valence-corrected chi connectivity index (χ0v) is 20.7. The molecule has 2 aromatic rings. The van der Waals surface area contributed by atoms with Crippen LogP contribution in [0.1, 0.15) is 12.5 Å². The highest BCUT2D eigenvalue weighted by molar-refractivity contribution is 7.89. The van der Waals surface area contributed by atoms with Gasteiger partial charge in [0.05, 0.1) is 11.5 Å². The monoisotopic (exact) mass is 497 g/mol. The number of carbonyl (C=O) groups excluding carboxylic acids is 1. The minimum absolute atomic E-state index is 0. The Bertz CT molecular complexity index is 976. The fraction of sp³-hybridized carbons (Fsp3) is 0.435. The zero-order chi connectivity index (χ0) is 23.0. The Morgan fingerprint density at radius 3 is 2.09 bits per heavy atom. The van der Waals surface area contributed by atoms with Crippen molar-refractivity contribution in [2.45, 2.75) is 18.7 Å². The normalized spacial score (nSPS) is 14.8. The van der Waals surface area contributed by atoms with Gasteiger partial charge in [-0.25, -0.2) is 8.42 Å². The van der Waals surface area contributed by atoms with E-state index in [-0.39, 0.29) is 24.9 Å². The number of benzene rings is 2. The molecule has 0 aromatic heterocycles. The number of hydrogen-bond donors (Lipinski definition) is 1. The van der Waals surface area contributed by atoms with E-state index in [1.165, 1.54) is 4.31 Å². The Morgan fingerprint density at radius 1 is 0.939 bits per heavy atom. The highest BCUT2D eigenvalue weighted by Crippen LogP contribution is 2.18. The van der Waals surface area contributed by atoms with Gasteiger partial charge in [0.15, 0.2) is 6.61 Å². The fourth-order valence-corrected chi connectivity index (χ4v) is 4.83. The van der Waals surface area contributed by atoms with E-state index in [1.807, 2.05) is 26.0 Å². The maximum atomic E-state index is 12.8. The Labute approximate surface area is 202 Å². The van der Waals surface area contributed by atoms with Crippen molar-refractivity contribution in [1.82, 2.24) is 14.5 Å². The molecule has 0 bridgehead atoms. The summed E-state index contributed by atoms with van der Waals surface area (Å²) in [6.45, 7) is 7.66. The third-order valence-corrected chi connectivity index (χ3v) is 7.16. The van der Waals surface area contributed by atoms with Crippen LogP contribution in [0.5, 0.6) is 11.5 Å². The highest BCUT2D eigenvalue weighted by Gasteiger charge is 2.28. The number of nitrogens with one attached hydrogen (secondary N) is 1. The van der Waals surface area contributed by atoms with Gasteiger partial charge < -0.3 is 14.8 Å². The lowest BCUT2D eigenvalue weighted by molar-refractivity contribution is -0.123. The first kappa shape index (κ1) is 26.9. The number of amides is 1. The number of sulfonamides is 1. The molecule has 0 radical (unpaired) electrons. The minimum Gasteiger partial charge on any atom is -0.494 e. The first-order valence-corrected chi connectivity index (χ1v) is 12.2. The number of halogens is 1. The molecule has 1 aliphatic heterocycles.